The van der Waals surface area contributed by atoms with Gasteiger partial charge in [-0.2, -0.15) is 0 Å². The van der Waals surface area contributed by atoms with Gasteiger partial charge in [0.15, 0.2) is 0 Å². The Kier molecular flexibility index (Phi) is 4.05. The molecule has 2 aliphatic carbocycles. The average molecular weight is 356 g/mol. The maximum absolute atomic E-state index is 12.3. The van der Waals surface area contributed by atoms with E-state index in [1.807, 2.05) is 24.3 Å². The number of epoxide rings is 1. The summed E-state index contributed by atoms with van der Waals surface area (Å²) in [6, 6.07) is 9.06. The van der Waals surface area contributed by atoms with Crippen LogP contribution in [0.4, 0.5) is 0 Å². The zero-order chi connectivity index (χ0) is 18.6. The van der Waals surface area contributed by atoms with Gasteiger partial charge in [0.05, 0.1) is 17.3 Å². The van der Waals surface area contributed by atoms with Crippen molar-refractivity contribution in [2.45, 2.75) is 57.3 Å². The van der Waals surface area contributed by atoms with Gasteiger partial charge in [0.2, 0.25) is 0 Å². The number of rotatable bonds is 4. The van der Waals surface area contributed by atoms with Crippen LogP contribution in [-0.4, -0.2) is 35.0 Å². The van der Waals surface area contributed by atoms with E-state index >= 15 is 0 Å². The van der Waals surface area contributed by atoms with E-state index in [1.165, 1.54) is 0 Å². The van der Waals surface area contributed by atoms with Gasteiger partial charge in [-0.05, 0) is 43.2 Å². The van der Waals surface area contributed by atoms with E-state index in [4.69, 9.17) is 9.47 Å². The molecular formula is C22H28O4. The minimum Gasteiger partial charge on any atom is -0.459 e. The fraction of sp³-hybridized carbons (Fsp3) is 0.591. The van der Waals surface area contributed by atoms with E-state index in [0.29, 0.717) is 11.5 Å². The summed E-state index contributed by atoms with van der Waals surface area (Å²) in [6.07, 6.45) is 6.84. The van der Waals surface area contributed by atoms with Crippen molar-refractivity contribution in [3.63, 3.8) is 0 Å². The van der Waals surface area contributed by atoms with Crippen LogP contribution in [0.1, 0.15) is 50.4 Å². The summed E-state index contributed by atoms with van der Waals surface area (Å²) in [5.41, 5.74) is -0.774. The zero-order valence-corrected chi connectivity index (χ0v) is 15.8. The lowest BCUT2D eigenvalue weighted by molar-refractivity contribution is -0.0877. The monoisotopic (exact) mass is 356 g/mol. The molecule has 4 rings (SSSR count). The predicted octanol–water partition coefficient (Wildman–Crippen LogP) is 3.74. The van der Waals surface area contributed by atoms with Crippen molar-refractivity contribution in [3.8, 4) is 0 Å². The van der Waals surface area contributed by atoms with E-state index < -0.39 is 5.60 Å². The Morgan fingerprint density at radius 3 is 2.73 bits per heavy atom. The molecule has 1 aliphatic heterocycles. The Balaban J connectivity index is 1.45. The summed E-state index contributed by atoms with van der Waals surface area (Å²) in [5, 5.41) is 11.3. The summed E-state index contributed by atoms with van der Waals surface area (Å²) in [7, 11) is 0. The third-order valence-electron chi connectivity index (χ3n) is 7.10. The third-order valence-corrected chi connectivity index (χ3v) is 7.10. The number of carbonyl (C=O) groups is 1. The van der Waals surface area contributed by atoms with Crippen molar-refractivity contribution in [2.75, 3.05) is 6.61 Å². The molecule has 5 atom stereocenters. The van der Waals surface area contributed by atoms with Crippen molar-refractivity contribution in [1.29, 1.82) is 0 Å². The SMILES string of the molecule is CC(C)[C@]1(O)C=C[C@H]2C[C@@H]3O[C@]3(COC(=O)c3ccccc3)CC[C@@]21C. The molecule has 3 aliphatic rings. The Morgan fingerprint density at radius 2 is 2.04 bits per heavy atom. The molecule has 1 heterocycles. The summed E-state index contributed by atoms with van der Waals surface area (Å²) in [6.45, 7) is 6.65. The minimum atomic E-state index is -0.781. The number of carbonyl (C=O) groups excluding carboxylic acids is 1. The van der Waals surface area contributed by atoms with E-state index in [1.54, 1.807) is 12.1 Å². The highest BCUT2D eigenvalue weighted by molar-refractivity contribution is 5.89. The van der Waals surface area contributed by atoms with Gasteiger partial charge in [-0.1, -0.05) is 51.1 Å². The number of hydrogen-bond donors (Lipinski definition) is 1. The summed E-state index contributed by atoms with van der Waals surface area (Å²) in [4.78, 5) is 12.3. The van der Waals surface area contributed by atoms with Gasteiger partial charge in [-0.15, -0.1) is 0 Å². The lowest BCUT2D eigenvalue weighted by atomic mass is 9.63. The number of allylic oxidation sites excluding steroid dienone is 1. The standard InChI is InChI=1S/C22H28O4/c1-15(2)22(24)10-9-17-13-18-21(26-18,12-11-20(17,22)3)14-25-19(23)16-7-5-4-6-8-16/h4-10,15,17-18,24H,11-14H2,1-3H3/t17-,18-,20-,21-,22+/m0/s1. The number of esters is 1. The van der Waals surface area contributed by atoms with Crippen LogP contribution in [-0.2, 0) is 9.47 Å². The van der Waals surface area contributed by atoms with Crippen LogP contribution in [0.15, 0.2) is 42.5 Å². The Labute approximate surface area is 155 Å². The van der Waals surface area contributed by atoms with Crippen molar-refractivity contribution < 1.29 is 19.4 Å². The second-order valence-corrected chi connectivity index (χ2v) is 8.71. The summed E-state index contributed by atoms with van der Waals surface area (Å²) < 4.78 is 11.6. The fourth-order valence-electron chi connectivity index (χ4n) is 5.02. The molecule has 4 nitrogen and oxygen atoms in total. The molecule has 1 aromatic rings. The van der Waals surface area contributed by atoms with Crippen LogP contribution in [0.5, 0.6) is 0 Å². The molecule has 4 heteroatoms. The Hall–Kier alpha value is -1.65. The molecule has 0 spiro atoms. The van der Waals surface area contributed by atoms with Gasteiger partial charge in [0.25, 0.3) is 0 Å². The molecule has 1 N–H and O–H groups in total. The van der Waals surface area contributed by atoms with Crippen molar-refractivity contribution in [2.24, 2.45) is 17.3 Å². The molecule has 2 fully saturated rings. The van der Waals surface area contributed by atoms with Crippen LogP contribution in [0.3, 0.4) is 0 Å². The highest BCUT2D eigenvalue weighted by Gasteiger charge is 2.65. The molecule has 0 aromatic heterocycles. The molecule has 0 bridgehead atoms. The molecule has 0 amide bonds. The third kappa shape index (κ3) is 2.54. The highest BCUT2D eigenvalue weighted by Crippen LogP contribution is 2.61. The number of benzene rings is 1. The molecular weight excluding hydrogens is 328 g/mol. The van der Waals surface area contributed by atoms with E-state index in [9.17, 15) is 9.90 Å². The first-order valence-electron chi connectivity index (χ1n) is 9.62. The molecule has 140 valence electrons. The quantitative estimate of drug-likeness (QED) is 0.507. The molecule has 1 saturated heterocycles. The minimum absolute atomic E-state index is 0.108. The molecule has 1 aromatic carbocycles. The van der Waals surface area contributed by atoms with Crippen molar-refractivity contribution in [1.82, 2.24) is 0 Å². The second kappa shape index (κ2) is 5.93. The van der Waals surface area contributed by atoms with Gasteiger partial charge < -0.3 is 14.6 Å². The summed E-state index contributed by atoms with van der Waals surface area (Å²) in [5.74, 6) is 0.161. The van der Waals surface area contributed by atoms with E-state index in [-0.39, 0.29) is 35.6 Å². The first kappa shape index (κ1) is 17.7. The largest absolute Gasteiger partial charge is 0.459 e. The number of aliphatic hydroxyl groups is 1. The average Bonchev–Trinajstić information content (AvgIpc) is 3.28. The number of ether oxygens (including phenoxy) is 2. The van der Waals surface area contributed by atoms with Gasteiger partial charge in [0.1, 0.15) is 12.2 Å². The van der Waals surface area contributed by atoms with Gasteiger partial charge in [-0.3, -0.25) is 0 Å². The number of fused-ring (bicyclic) bond motifs is 2. The Bertz CT molecular complexity index is 727. The van der Waals surface area contributed by atoms with E-state index in [0.717, 1.165) is 19.3 Å². The van der Waals surface area contributed by atoms with Crippen LogP contribution in [0.25, 0.3) is 0 Å². The molecule has 26 heavy (non-hydrogen) atoms. The fourth-order valence-corrected chi connectivity index (χ4v) is 5.02. The zero-order valence-electron chi connectivity index (χ0n) is 15.8. The van der Waals surface area contributed by atoms with Crippen molar-refractivity contribution >= 4 is 5.97 Å². The normalized spacial score (nSPS) is 40.7. The van der Waals surface area contributed by atoms with Gasteiger partial charge in [0, 0.05) is 5.41 Å². The Morgan fingerprint density at radius 1 is 1.31 bits per heavy atom. The molecule has 0 unspecified atom stereocenters. The van der Waals surface area contributed by atoms with Crippen molar-refractivity contribution in [3.05, 3.63) is 48.0 Å². The first-order chi connectivity index (χ1) is 12.3. The van der Waals surface area contributed by atoms with Crippen LogP contribution < -0.4 is 0 Å². The molecule has 0 radical (unpaired) electrons. The van der Waals surface area contributed by atoms with Gasteiger partial charge in [-0.25, -0.2) is 4.79 Å². The lowest BCUT2D eigenvalue weighted by Crippen LogP contribution is -2.49. The maximum atomic E-state index is 12.3. The topological polar surface area (TPSA) is 59.1 Å². The number of hydrogen-bond acceptors (Lipinski definition) is 4. The predicted molar refractivity (Wildman–Crippen MR) is 98.7 cm³/mol. The second-order valence-electron chi connectivity index (χ2n) is 8.71. The van der Waals surface area contributed by atoms with Crippen LogP contribution >= 0.6 is 0 Å². The van der Waals surface area contributed by atoms with Gasteiger partial charge >= 0.3 is 5.97 Å². The molecule has 1 saturated carbocycles. The maximum Gasteiger partial charge on any atom is 0.338 e. The first-order valence-corrected chi connectivity index (χ1v) is 9.62. The van der Waals surface area contributed by atoms with E-state index in [2.05, 4.69) is 26.8 Å². The lowest BCUT2D eigenvalue weighted by Gasteiger charge is -2.45. The summed E-state index contributed by atoms with van der Waals surface area (Å²) >= 11 is 0. The highest BCUT2D eigenvalue weighted by atomic mass is 16.6. The van der Waals surface area contributed by atoms with Crippen LogP contribution in [0, 0.1) is 17.3 Å². The smallest absolute Gasteiger partial charge is 0.338 e. The van der Waals surface area contributed by atoms with Crippen LogP contribution in [0.2, 0.25) is 0 Å².